The number of amides is 1. The predicted octanol–water partition coefficient (Wildman–Crippen LogP) is 2.29. The summed E-state index contributed by atoms with van der Waals surface area (Å²) in [6.45, 7) is 1.75. The Bertz CT molecular complexity index is 921. The number of aromatic nitrogens is 1. The molecular formula is C21H23N3O3. The second-order valence-corrected chi connectivity index (χ2v) is 6.49. The van der Waals surface area contributed by atoms with Crippen molar-refractivity contribution in [2.75, 3.05) is 0 Å². The number of aromatic amines is 1. The molecule has 2 aromatic carbocycles. The Morgan fingerprint density at radius 3 is 2.59 bits per heavy atom. The van der Waals surface area contributed by atoms with Crippen molar-refractivity contribution in [1.29, 1.82) is 0 Å². The van der Waals surface area contributed by atoms with Crippen molar-refractivity contribution in [3.8, 4) is 0 Å². The molecule has 140 valence electrons. The fraction of sp³-hybridized carbons (Fsp3) is 0.238. The van der Waals surface area contributed by atoms with Crippen LogP contribution < -0.4 is 11.1 Å². The predicted molar refractivity (Wildman–Crippen MR) is 104 cm³/mol. The van der Waals surface area contributed by atoms with E-state index >= 15 is 0 Å². The normalized spacial score (nSPS) is 13.1. The molecule has 0 bridgehead atoms. The highest BCUT2D eigenvalue weighted by atomic mass is 16.5. The average Bonchev–Trinajstić information content (AvgIpc) is 3.09. The van der Waals surface area contributed by atoms with Crippen LogP contribution in [0.2, 0.25) is 0 Å². The van der Waals surface area contributed by atoms with E-state index in [9.17, 15) is 9.59 Å². The molecule has 1 heterocycles. The summed E-state index contributed by atoms with van der Waals surface area (Å²) in [7, 11) is 0. The molecule has 0 radical (unpaired) electrons. The second kappa shape index (κ2) is 8.51. The van der Waals surface area contributed by atoms with E-state index in [0.29, 0.717) is 6.42 Å². The molecule has 3 rings (SSSR count). The van der Waals surface area contributed by atoms with Crippen LogP contribution in [0.4, 0.5) is 0 Å². The van der Waals surface area contributed by atoms with E-state index in [2.05, 4.69) is 10.3 Å². The number of rotatable bonds is 7. The van der Waals surface area contributed by atoms with Gasteiger partial charge in [0.2, 0.25) is 5.91 Å². The van der Waals surface area contributed by atoms with Crippen LogP contribution in [0.3, 0.4) is 0 Å². The lowest BCUT2D eigenvalue weighted by Crippen LogP contribution is -2.48. The highest BCUT2D eigenvalue weighted by Crippen LogP contribution is 2.18. The summed E-state index contributed by atoms with van der Waals surface area (Å²) in [6.07, 6.45) is 2.23. The quantitative estimate of drug-likeness (QED) is 0.560. The maximum atomic E-state index is 12.3. The van der Waals surface area contributed by atoms with Crippen LogP contribution in [0.1, 0.15) is 18.1 Å². The van der Waals surface area contributed by atoms with Gasteiger partial charge in [-0.1, -0.05) is 48.5 Å². The zero-order valence-electron chi connectivity index (χ0n) is 15.1. The van der Waals surface area contributed by atoms with Gasteiger partial charge in [-0.2, -0.15) is 0 Å². The first-order valence-electron chi connectivity index (χ1n) is 8.86. The number of carbonyl (C=O) groups is 2. The molecule has 3 aromatic rings. The Hall–Kier alpha value is -3.12. The van der Waals surface area contributed by atoms with Crippen LogP contribution in [-0.2, 0) is 27.4 Å². The summed E-state index contributed by atoms with van der Waals surface area (Å²) in [4.78, 5) is 27.6. The fourth-order valence-electron chi connectivity index (χ4n) is 2.86. The van der Waals surface area contributed by atoms with E-state index in [1.807, 2.05) is 60.8 Å². The van der Waals surface area contributed by atoms with E-state index < -0.39 is 18.1 Å². The van der Waals surface area contributed by atoms with E-state index in [0.717, 1.165) is 22.0 Å². The van der Waals surface area contributed by atoms with Gasteiger partial charge in [0.15, 0.2) is 0 Å². The Balaban J connectivity index is 1.51. The van der Waals surface area contributed by atoms with Crippen molar-refractivity contribution in [3.05, 3.63) is 71.9 Å². The minimum atomic E-state index is -0.768. The van der Waals surface area contributed by atoms with Crippen LogP contribution in [0.25, 0.3) is 10.9 Å². The molecule has 6 heteroatoms. The lowest BCUT2D eigenvalue weighted by atomic mass is 10.0. The molecule has 0 saturated carbocycles. The van der Waals surface area contributed by atoms with Crippen LogP contribution in [-0.4, -0.2) is 28.9 Å². The number of benzene rings is 2. The number of fused-ring (bicyclic) bond motifs is 1. The van der Waals surface area contributed by atoms with E-state index in [1.54, 1.807) is 6.92 Å². The number of ether oxygens (including phenoxy) is 1. The zero-order chi connectivity index (χ0) is 19.2. The first-order chi connectivity index (χ1) is 13.0. The molecule has 1 amide bonds. The number of H-pyrrole nitrogens is 1. The molecule has 0 aliphatic heterocycles. The van der Waals surface area contributed by atoms with Crippen molar-refractivity contribution in [3.63, 3.8) is 0 Å². The number of nitrogens with two attached hydrogens (primary N) is 1. The molecule has 0 saturated heterocycles. The van der Waals surface area contributed by atoms with Crippen molar-refractivity contribution < 1.29 is 14.3 Å². The third-order valence-corrected chi connectivity index (χ3v) is 4.39. The van der Waals surface area contributed by atoms with Gasteiger partial charge in [0.1, 0.15) is 12.6 Å². The third kappa shape index (κ3) is 4.74. The molecule has 0 aliphatic carbocycles. The third-order valence-electron chi connectivity index (χ3n) is 4.39. The van der Waals surface area contributed by atoms with Crippen LogP contribution in [0.5, 0.6) is 0 Å². The maximum Gasteiger partial charge on any atom is 0.328 e. The highest BCUT2D eigenvalue weighted by molar-refractivity contribution is 5.88. The number of esters is 1. The van der Waals surface area contributed by atoms with Gasteiger partial charge >= 0.3 is 5.97 Å². The lowest BCUT2D eigenvalue weighted by Gasteiger charge is -2.17. The molecular weight excluding hydrogens is 342 g/mol. The largest absolute Gasteiger partial charge is 0.459 e. The number of para-hydroxylation sites is 1. The Labute approximate surface area is 157 Å². The summed E-state index contributed by atoms with van der Waals surface area (Å²) in [5, 5.41) is 3.67. The van der Waals surface area contributed by atoms with E-state index in [4.69, 9.17) is 10.5 Å². The molecule has 0 unspecified atom stereocenters. The highest BCUT2D eigenvalue weighted by Gasteiger charge is 2.22. The first-order valence-corrected chi connectivity index (χ1v) is 8.86. The number of carbonyl (C=O) groups excluding carboxylic acids is 2. The van der Waals surface area contributed by atoms with Crippen molar-refractivity contribution in [1.82, 2.24) is 10.3 Å². The lowest BCUT2D eigenvalue weighted by molar-refractivity contribution is -0.148. The summed E-state index contributed by atoms with van der Waals surface area (Å²) in [5.41, 5.74) is 8.89. The standard InChI is InChI=1S/C21H23N3O3/c1-14(21(26)27-13-15-7-3-2-4-8-15)24-20(25)18(22)11-16-12-23-19-10-6-5-9-17(16)19/h2-10,12,14,18,23H,11,13,22H2,1H3,(H,24,25)/t14-,18-/m0/s1. The fourth-order valence-corrected chi connectivity index (χ4v) is 2.86. The van der Waals surface area contributed by atoms with Gasteiger partial charge in [0.05, 0.1) is 6.04 Å². The molecule has 27 heavy (non-hydrogen) atoms. The van der Waals surface area contributed by atoms with Crippen LogP contribution in [0, 0.1) is 0 Å². The summed E-state index contributed by atoms with van der Waals surface area (Å²) >= 11 is 0. The van der Waals surface area contributed by atoms with Crippen LogP contribution >= 0.6 is 0 Å². The zero-order valence-corrected chi connectivity index (χ0v) is 15.1. The van der Waals surface area contributed by atoms with Gasteiger partial charge in [0, 0.05) is 17.1 Å². The molecule has 0 aliphatic rings. The van der Waals surface area contributed by atoms with Crippen molar-refractivity contribution >= 4 is 22.8 Å². The van der Waals surface area contributed by atoms with Gasteiger partial charge < -0.3 is 20.8 Å². The Morgan fingerprint density at radius 2 is 1.81 bits per heavy atom. The summed E-state index contributed by atoms with van der Waals surface area (Å²) in [5.74, 6) is -0.879. The molecule has 2 atom stereocenters. The van der Waals surface area contributed by atoms with Gasteiger partial charge in [-0.25, -0.2) is 4.79 Å². The SMILES string of the molecule is C[C@H](NC(=O)[C@@H](N)Cc1c[nH]c2ccccc12)C(=O)OCc1ccccc1. The molecule has 6 nitrogen and oxygen atoms in total. The van der Waals surface area contributed by atoms with E-state index in [-0.39, 0.29) is 12.5 Å². The second-order valence-electron chi connectivity index (χ2n) is 6.49. The average molecular weight is 365 g/mol. The van der Waals surface area contributed by atoms with Gasteiger partial charge in [-0.15, -0.1) is 0 Å². The molecule has 4 N–H and O–H groups in total. The minimum absolute atomic E-state index is 0.168. The van der Waals surface area contributed by atoms with Crippen LogP contribution in [0.15, 0.2) is 60.8 Å². The molecule has 0 spiro atoms. The number of hydrogen-bond acceptors (Lipinski definition) is 4. The summed E-state index contributed by atoms with van der Waals surface area (Å²) < 4.78 is 5.23. The van der Waals surface area contributed by atoms with Crippen molar-refractivity contribution in [2.45, 2.75) is 32.0 Å². The molecule has 0 fully saturated rings. The Morgan fingerprint density at radius 1 is 1.11 bits per heavy atom. The van der Waals surface area contributed by atoms with Gasteiger partial charge in [0.25, 0.3) is 0 Å². The van der Waals surface area contributed by atoms with Crippen molar-refractivity contribution in [2.24, 2.45) is 5.73 Å². The van der Waals surface area contributed by atoms with Gasteiger partial charge in [-0.05, 0) is 30.5 Å². The number of nitrogens with one attached hydrogen (secondary N) is 2. The monoisotopic (exact) mass is 365 g/mol. The molecule has 1 aromatic heterocycles. The number of hydrogen-bond donors (Lipinski definition) is 3. The smallest absolute Gasteiger partial charge is 0.328 e. The summed E-state index contributed by atoms with van der Waals surface area (Å²) in [6, 6.07) is 15.7. The van der Waals surface area contributed by atoms with Gasteiger partial charge in [-0.3, -0.25) is 4.79 Å². The maximum absolute atomic E-state index is 12.3. The topological polar surface area (TPSA) is 97.2 Å². The first kappa shape index (κ1) is 18.7. The van der Waals surface area contributed by atoms with E-state index in [1.165, 1.54) is 0 Å². The minimum Gasteiger partial charge on any atom is -0.459 e. The Kier molecular flexibility index (Phi) is 5.88.